The molecule has 2 heterocycles. The second-order valence-corrected chi connectivity index (χ2v) is 7.61. The number of H-pyrrole nitrogens is 1. The molecular formula is C22H26FN4O+. The van der Waals surface area contributed by atoms with Gasteiger partial charge < -0.3 is 20.9 Å². The van der Waals surface area contributed by atoms with Crippen LogP contribution in [0.15, 0.2) is 48.7 Å². The highest BCUT2D eigenvalue weighted by Crippen LogP contribution is 2.31. The maximum absolute atomic E-state index is 13.8. The van der Waals surface area contributed by atoms with Gasteiger partial charge in [0.05, 0.1) is 19.6 Å². The minimum absolute atomic E-state index is 0.112. The van der Waals surface area contributed by atoms with Gasteiger partial charge in [-0.3, -0.25) is 4.79 Å². The molecule has 146 valence electrons. The van der Waals surface area contributed by atoms with Gasteiger partial charge in [-0.1, -0.05) is 18.2 Å². The van der Waals surface area contributed by atoms with Crippen LogP contribution < -0.4 is 16.0 Å². The third-order valence-electron chi connectivity index (χ3n) is 5.55. The zero-order valence-electron chi connectivity index (χ0n) is 16.0. The molecule has 1 aromatic heterocycles. The van der Waals surface area contributed by atoms with E-state index in [0.29, 0.717) is 13.0 Å². The Hall–Kier alpha value is -2.70. The fourth-order valence-electron chi connectivity index (χ4n) is 4.24. The second-order valence-electron chi connectivity index (χ2n) is 7.61. The molecule has 28 heavy (non-hydrogen) atoms. The maximum Gasteiger partial charge on any atom is 0.244 e. The van der Waals surface area contributed by atoms with Crippen LogP contribution in [-0.4, -0.2) is 37.1 Å². The number of halogens is 1. The molecule has 4 rings (SSSR count). The third-order valence-corrected chi connectivity index (χ3v) is 5.55. The maximum atomic E-state index is 13.8. The highest BCUT2D eigenvalue weighted by atomic mass is 19.1. The smallest absolute Gasteiger partial charge is 0.244 e. The quantitative estimate of drug-likeness (QED) is 0.627. The number of fused-ring (bicyclic) bond motifs is 2. The molecule has 5 N–H and O–H groups in total. The van der Waals surface area contributed by atoms with Crippen molar-refractivity contribution < 1.29 is 14.5 Å². The lowest BCUT2D eigenvalue weighted by Gasteiger charge is -2.35. The first-order valence-corrected chi connectivity index (χ1v) is 9.75. The predicted octanol–water partition coefficient (Wildman–Crippen LogP) is 1.58. The zero-order valence-corrected chi connectivity index (χ0v) is 16.0. The van der Waals surface area contributed by atoms with Crippen LogP contribution in [0.4, 0.5) is 10.1 Å². The van der Waals surface area contributed by atoms with E-state index >= 15 is 0 Å². The molecule has 2 aromatic carbocycles. The van der Waals surface area contributed by atoms with E-state index in [-0.39, 0.29) is 17.6 Å². The number of anilines is 1. The van der Waals surface area contributed by atoms with Crippen LogP contribution in [0, 0.1) is 11.7 Å². The van der Waals surface area contributed by atoms with Crippen molar-refractivity contribution in [2.45, 2.75) is 18.9 Å². The van der Waals surface area contributed by atoms with Crippen molar-refractivity contribution >= 4 is 22.5 Å². The van der Waals surface area contributed by atoms with E-state index in [1.807, 2.05) is 37.5 Å². The van der Waals surface area contributed by atoms with Crippen LogP contribution in [0.5, 0.6) is 0 Å². The molecule has 0 aliphatic carbocycles. The van der Waals surface area contributed by atoms with E-state index in [2.05, 4.69) is 10.3 Å². The van der Waals surface area contributed by atoms with Crippen LogP contribution in [0.2, 0.25) is 0 Å². The van der Waals surface area contributed by atoms with Gasteiger partial charge >= 0.3 is 0 Å². The third kappa shape index (κ3) is 3.53. The molecule has 0 saturated carbocycles. The minimum Gasteiger partial charge on any atom is -0.361 e. The summed E-state index contributed by atoms with van der Waals surface area (Å²) in [5.41, 5.74) is 10.1. The molecule has 3 aromatic rings. The van der Waals surface area contributed by atoms with Crippen molar-refractivity contribution in [1.82, 2.24) is 4.98 Å². The number of hydrogen-bond acceptors (Lipinski definition) is 2. The van der Waals surface area contributed by atoms with E-state index in [4.69, 9.17) is 5.73 Å². The Morgan fingerprint density at radius 1 is 1.36 bits per heavy atom. The van der Waals surface area contributed by atoms with Gasteiger partial charge in [0.1, 0.15) is 5.82 Å². The fourth-order valence-corrected chi connectivity index (χ4v) is 4.24. The molecule has 0 spiro atoms. The number of hydrogen-bond donors (Lipinski definition) is 3. The first-order chi connectivity index (χ1) is 13.6. The van der Waals surface area contributed by atoms with Crippen molar-refractivity contribution in [3.8, 4) is 0 Å². The summed E-state index contributed by atoms with van der Waals surface area (Å²) in [4.78, 5) is 18.2. The topological polar surface area (TPSA) is 78.7 Å². The Bertz CT molecular complexity index is 999. The average molecular weight is 381 g/mol. The number of para-hydroxylation sites is 1. The number of aromatic nitrogens is 1. The molecule has 0 fully saturated rings. The van der Waals surface area contributed by atoms with E-state index in [0.717, 1.165) is 40.7 Å². The molecular weight excluding hydrogens is 355 g/mol. The monoisotopic (exact) mass is 381 g/mol. The molecule has 2 atom stereocenters. The van der Waals surface area contributed by atoms with Crippen LogP contribution in [0.3, 0.4) is 0 Å². The molecule has 1 aliphatic heterocycles. The largest absolute Gasteiger partial charge is 0.361 e. The van der Waals surface area contributed by atoms with E-state index in [9.17, 15) is 9.18 Å². The summed E-state index contributed by atoms with van der Waals surface area (Å²) in [6, 6.07) is 12.0. The highest BCUT2D eigenvalue weighted by Gasteiger charge is 2.32. The Balaban J connectivity index is 1.59. The summed E-state index contributed by atoms with van der Waals surface area (Å²) in [6.07, 6.45) is 3.16. The number of nitrogens with zero attached hydrogens (tertiary/aromatic N) is 1. The van der Waals surface area contributed by atoms with E-state index in [1.54, 1.807) is 17.0 Å². The molecule has 0 saturated heterocycles. The second kappa shape index (κ2) is 7.73. The summed E-state index contributed by atoms with van der Waals surface area (Å²) in [5, 5.41) is 3.19. The van der Waals surface area contributed by atoms with Gasteiger partial charge in [0, 0.05) is 35.2 Å². The summed E-state index contributed by atoms with van der Waals surface area (Å²) >= 11 is 0. The zero-order chi connectivity index (χ0) is 19.7. The fraction of sp³-hybridized carbons (Fsp3) is 0.318. The van der Waals surface area contributed by atoms with Gasteiger partial charge in [-0.25, -0.2) is 4.39 Å². The van der Waals surface area contributed by atoms with Gasteiger partial charge in [0.15, 0.2) is 0 Å². The normalized spacial score (nSPS) is 17.5. The van der Waals surface area contributed by atoms with Gasteiger partial charge in [-0.15, -0.1) is 0 Å². The molecule has 5 nitrogen and oxygen atoms in total. The van der Waals surface area contributed by atoms with E-state index < -0.39 is 6.04 Å². The van der Waals surface area contributed by atoms with E-state index in [1.165, 1.54) is 6.07 Å². The Kier molecular flexibility index (Phi) is 5.15. The first kappa shape index (κ1) is 18.7. The van der Waals surface area contributed by atoms with Gasteiger partial charge in [0.25, 0.3) is 0 Å². The standard InChI is InChI=1S/C22H25FN4O/c1-25-11-14-8-15-9-17(23)6-7-21(15)27(13-14)22(28)19(24)10-16-12-26-20-5-3-2-4-18(16)20/h2-7,9,12,14,19,25-26H,8,10-11,13,24H2,1H3/p+1/t14?,19-/m1/s1. The number of benzene rings is 2. The highest BCUT2D eigenvalue weighted by molar-refractivity contribution is 5.98. The van der Waals surface area contributed by atoms with Crippen LogP contribution in [-0.2, 0) is 17.6 Å². The van der Waals surface area contributed by atoms with Crippen LogP contribution in [0.25, 0.3) is 10.9 Å². The predicted molar refractivity (Wildman–Crippen MR) is 109 cm³/mol. The Morgan fingerprint density at radius 2 is 2.18 bits per heavy atom. The number of rotatable bonds is 5. The minimum atomic E-state index is -0.651. The number of nitrogens with one attached hydrogen (secondary N) is 1. The molecule has 1 amide bonds. The van der Waals surface area contributed by atoms with Gasteiger partial charge in [-0.05, 0) is 48.2 Å². The number of aromatic amines is 1. The number of quaternary nitrogens is 1. The first-order valence-electron chi connectivity index (χ1n) is 9.75. The Labute approximate surface area is 163 Å². The lowest BCUT2D eigenvalue weighted by atomic mass is 9.91. The number of carbonyl (C=O) groups is 1. The van der Waals surface area contributed by atoms with Gasteiger partial charge in [0.2, 0.25) is 5.91 Å². The van der Waals surface area contributed by atoms with Crippen molar-refractivity contribution in [2.75, 3.05) is 25.0 Å². The van der Waals surface area contributed by atoms with Gasteiger partial charge in [-0.2, -0.15) is 0 Å². The summed E-state index contributed by atoms with van der Waals surface area (Å²) < 4.78 is 13.8. The molecule has 1 aliphatic rings. The summed E-state index contributed by atoms with van der Waals surface area (Å²) in [7, 11) is 2.01. The molecule has 6 heteroatoms. The van der Waals surface area contributed by atoms with Crippen molar-refractivity contribution in [2.24, 2.45) is 11.7 Å². The number of amides is 1. The lowest BCUT2D eigenvalue weighted by molar-refractivity contribution is -0.632. The molecule has 0 radical (unpaired) electrons. The summed E-state index contributed by atoms with van der Waals surface area (Å²) in [5.74, 6) is -0.0992. The molecule has 0 bridgehead atoms. The lowest BCUT2D eigenvalue weighted by Crippen LogP contribution is -2.82. The van der Waals surface area contributed by atoms with Crippen LogP contribution >= 0.6 is 0 Å². The number of nitrogens with two attached hydrogens (primary N) is 2. The number of carbonyl (C=O) groups excluding carboxylic acids is 1. The van der Waals surface area contributed by atoms with Crippen LogP contribution in [0.1, 0.15) is 11.1 Å². The summed E-state index contributed by atoms with van der Waals surface area (Å²) in [6.45, 7) is 1.50. The Morgan fingerprint density at radius 3 is 3.00 bits per heavy atom. The average Bonchev–Trinajstić information content (AvgIpc) is 3.09. The van der Waals surface area contributed by atoms with Crippen molar-refractivity contribution in [1.29, 1.82) is 0 Å². The van der Waals surface area contributed by atoms with Crippen molar-refractivity contribution in [3.05, 3.63) is 65.6 Å². The van der Waals surface area contributed by atoms with Crippen molar-refractivity contribution in [3.63, 3.8) is 0 Å². The molecule has 1 unspecified atom stereocenters. The SMILES string of the molecule is C[NH2+]CC1Cc2cc(F)ccc2N(C(=O)[C@H](N)Cc2c[nH]c3ccccc23)C1.